The molecule has 0 unspecified atom stereocenters. The molecule has 0 aliphatic carbocycles. The van der Waals surface area contributed by atoms with Crippen molar-refractivity contribution in [3.05, 3.63) is 50.8 Å². The highest BCUT2D eigenvalue weighted by molar-refractivity contribution is 5.63. The van der Waals surface area contributed by atoms with Gasteiger partial charge in [-0.15, -0.1) is 0 Å². The fourth-order valence-corrected chi connectivity index (χ4v) is 1.67. The van der Waals surface area contributed by atoms with E-state index in [1.165, 1.54) is 22.9 Å². The molecule has 2 N–H and O–H groups in total. The lowest BCUT2D eigenvalue weighted by Gasteiger charge is -2.06. The number of non-ortho nitro benzene ring substituents is 1. The molecule has 0 spiro atoms. The van der Waals surface area contributed by atoms with E-state index >= 15 is 0 Å². The number of nitrogen functional groups attached to an aromatic ring is 1. The van der Waals surface area contributed by atoms with Gasteiger partial charge in [0.1, 0.15) is 5.69 Å². The van der Waals surface area contributed by atoms with Crippen LogP contribution < -0.4 is 11.3 Å². The summed E-state index contributed by atoms with van der Waals surface area (Å²) in [6.45, 7) is 2.19. The summed E-state index contributed by atoms with van der Waals surface area (Å²) in [5.74, 6) is 0. The lowest BCUT2D eigenvalue weighted by Crippen LogP contribution is -2.24. The first-order valence-corrected chi connectivity index (χ1v) is 5.65. The van der Waals surface area contributed by atoms with Crippen molar-refractivity contribution < 1.29 is 4.92 Å². The van der Waals surface area contributed by atoms with Crippen LogP contribution in [0.1, 0.15) is 6.92 Å². The number of anilines is 1. The highest BCUT2D eigenvalue weighted by atomic mass is 16.6. The SMILES string of the molecule is CCn1nc(-c2ccc([N+](=O)[O-])cc2)cc(N)c1=O. The summed E-state index contributed by atoms with van der Waals surface area (Å²) >= 11 is 0. The van der Waals surface area contributed by atoms with Gasteiger partial charge in [-0.25, -0.2) is 4.68 Å². The van der Waals surface area contributed by atoms with Crippen molar-refractivity contribution in [2.45, 2.75) is 13.5 Å². The zero-order valence-electron chi connectivity index (χ0n) is 10.2. The molecule has 1 aromatic carbocycles. The third kappa shape index (κ3) is 2.44. The second kappa shape index (κ2) is 4.89. The Morgan fingerprint density at radius 1 is 1.37 bits per heavy atom. The lowest BCUT2D eigenvalue weighted by atomic mass is 10.1. The van der Waals surface area contributed by atoms with Crippen LogP contribution in [0.25, 0.3) is 11.3 Å². The number of nitrogens with two attached hydrogens (primary N) is 1. The van der Waals surface area contributed by atoms with Gasteiger partial charge in [0.05, 0.1) is 10.6 Å². The first-order chi connectivity index (χ1) is 9.02. The van der Waals surface area contributed by atoms with Crippen molar-refractivity contribution in [2.24, 2.45) is 0 Å². The molecule has 0 fully saturated rings. The summed E-state index contributed by atoms with van der Waals surface area (Å²) in [7, 11) is 0. The molecule has 0 aliphatic rings. The Kier molecular flexibility index (Phi) is 3.28. The van der Waals surface area contributed by atoms with Crippen LogP contribution in [0.3, 0.4) is 0 Å². The topological polar surface area (TPSA) is 104 Å². The van der Waals surface area contributed by atoms with Gasteiger partial charge < -0.3 is 5.73 Å². The van der Waals surface area contributed by atoms with Gasteiger partial charge in [0.25, 0.3) is 11.2 Å². The molecule has 98 valence electrons. The van der Waals surface area contributed by atoms with Crippen molar-refractivity contribution >= 4 is 11.4 Å². The van der Waals surface area contributed by atoms with Gasteiger partial charge in [-0.1, -0.05) is 0 Å². The Balaban J connectivity index is 2.50. The number of hydrogen-bond donors (Lipinski definition) is 1. The molecule has 1 heterocycles. The number of aromatic nitrogens is 2. The van der Waals surface area contributed by atoms with E-state index in [4.69, 9.17) is 5.73 Å². The fraction of sp³-hybridized carbons (Fsp3) is 0.167. The maximum absolute atomic E-state index is 11.6. The van der Waals surface area contributed by atoms with Crippen molar-refractivity contribution in [1.82, 2.24) is 9.78 Å². The molecule has 7 nitrogen and oxygen atoms in total. The van der Waals surface area contributed by atoms with Crippen LogP contribution in [-0.4, -0.2) is 14.7 Å². The highest BCUT2D eigenvalue weighted by Crippen LogP contribution is 2.20. The summed E-state index contributed by atoms with van der Waals surface area (Å²) in [4.78, 5) is 21.7. The monoisotopic (exact) mass is 260 g/mol. The van der Waals surface area contributed by atoms with E-state index in [1.54, 1.807) is 19.1 Å². The highest BCUT2D eigenvalue weighted by Gasteiger charge is 2.09. The van der Waals surface area contributed by atoms with Gasteiger partial charge in [-0.05, 0) is 25.1 Å². The second-order valence-electron chi connectivity index (χ2n) is 3.91. The van der Waals surface area contributed by atoms with Crippen molar-refractivity contribution in [3.63, 3.8) is 0 Å². The summed E-state index contributed by atoms with van der Waals surface area (Å²) < 4.78 is 1.26. The number of benzene rings is 1. The zero-order chi connectivity index (χ0) is 14.0. The van der Waals surface area contributed by atoms with Gasteiger partial charge >= 0.3 is 0 Å². The van der Waals surface area contributed by atoms with E-state index in [9.17, 15) is 14.9 Å². The Labute approximate surface area is 108 Å². The zero-order valence-corrected chi connectivity index (χ0v) is 10.2. The van der Waals surface area contributed by atoms with Crippen molar-refractivity contribution in [3.8, 4) is 11.3 Å². The maximum atomic E-state index is 11.6. The first-order valence-electron chi connectivity index (χ1n) is 5.65. The number of nitro groups is 1. The van der Waals surface area contributed by atoms with Crippen LogP contribution in [-0.2, 0) is 6.54 Å². The molecular formula is C12H12N4O3. The Hall–Kier alpha value is -2.70. The quantitative estimate of drug-likeness (QED) is 0.663. The molecular weight excluding hydrogens is 248 g/mol. The van der Waals surface area contributed by atoms with Crippen LogP contribution in [0.5, 0.6) is 0 Å². The van der Waals surface area contributed by atoms with E-state index in [0.717, 1.165) is 0 Å². The van der Waals surface area contributed by atoms with Gasteiger partial charge in [-0.3, -0.25) is 14.9 Å². The number of hydrogen-bond acceptors (Lipinski definition) is 5. The molecule has 7 heteroatoms. The molecule has 0 bridgehead atoms. The van der Waals surface area contributed by atoms with Crippen LogP contribution in [0.2, 0.25) is 0 Å². The molecule has 0 atom stereocenters. The second-order valence-corrected chi connectivity index (χ2v) is 3.91. The molecule has 0 saturated carbocycles. The van der Waals surface area contributed by atoms with Gasteiger partial charge in [0, 0.05) is 24.2 Å². The predicted molar refractivity (Wildman–Crippen MR) is 70.7 cm³/mol. The van der Waals surface area contributed by atoms with E-state index < -0.39 is 4.92 Å². The average Bonchev–Trinajstić information content (AvgIpc) is 2.41. The molecule has 0 amide bonds. The standard InChI is InChI=1S/C12H12N4O3/c1-2-15-12(17)10(13)7-11(14-15)8-3-5-9(6-4-8)16(18)19/h3-7H,2,13H2,1H3. The van der Waals surface area contributed by atoms with Crippen molar-refractivity contribution in [2.75, 3.05) is 5.73 Å². The summed E-state index contributed by atoms with van der Waals surface area (Å²) in [5, 5.41) is 14.7. The molecule has 0 radical (unpaired) electrons. The number of nitro benzene ring substituents is 1. The summed E-state index contributed by atoms with van der Waals surface area (Å²) in [6, 6.07) is 7.38. The van der Waals surface area contributed by atoms with E-state index in [1.807, 2.05) is 0 Å². The Bertz CT molecular complexity index is 676. The van der Waals surface area contributed by atoms with Crippen molar-refractivity contribution in [1.29, 1.82) is 0 Å². The largest absolute Gasteiger partial charge is 0.394 e. The lowest BCUT2D eigenvalue weighted by molar-refractivity contribution is -0.384. The average molecular weight is 260 g/mol. The molecule has 0 saturated heterocycles. The molecule has 19 heavy (non-hydrogen) atoms. The van der Waals surface area contributed by atoms with Crippen LogP contribution in [0.15, 0.2) is 35.1 Å². The number of nitrogens with zero attached hydrogens (tertiary/aromatic N) is 3. The van der Waals surface area contributed by atoms with E-state index in [0.29, 0.717) is 17.8 Å². The predicted octanol–water partition coefficient (Wildman–Crippen LogP) is 1.42. The van der Waals surface area contributed by atoms with Crippen LogP contribution in [0, 0.1) is 10.1 Å². The minimum atomic E-state index is -0.474. The summed E-state index contributed by atoms with van der Waals surface area (Å²) in [6.07, 6.45) is 0. The smallest absolute Gasteiger partial charge is 0.289 e. The van der Waals surface area contributed by atoms with Crippen LogP contribution in [0.4, 0.5) is 11.4 Å². The first kappa shape index (κ1) is 12.7. The Morgan fingerprint density at radius 2 is 2.00 bits per heavy atom. The third-order valence-corrected chi connectivity index (χ3v) is 2.68. The maximum Gasteiger partial charge on any atom is 0.289 e. The van der Waals surface area contributed by atoms with Gasteiger partial charge in [-0.2, -0.15) is 5.10 Å². The molecule has 1 aromatic heterocycles. The number of aryl methyl sites for hydroxylation is 1. The molecule has 2 aromatic rings. The fourth-order valence-electron chi connectivity index (χ4n) is 1.67. The Morgan fingerprint density at radius 3 is 2.53 bits per heavy atom. The van der Waals surface area contributed by atoms with Gasteiger partial charge in [0.15, 0.2) is 0 Å². The molecule has 2 rings (SSSR count). The van der Waals surface area contributed by atoms with E-state index in [2.05, 4.69) is 5.10 Å². The normalized spacial score (nSPS) is 10.4. The number of rotatable bonds is 3. The van der Waals surface area contributed by atoms with Crippen LogP contribution >= 0.6 is 0 Å². The minimum absolute atomic E-state index is 0.000495. The summed E-state index contributed by atoms with van der Waals surface area (Å²) in [5.41, 5.74) is 6.57. The van der Waals surface area contributed by atoms with Gasteiger partial charge in [0.2, 0.25) is 0 Å². The minimum Gasteiger partial charge on any atom is -0.394 e. The van der Waals surface area contributed by atoms with E-state index in [-0.39, 0.29) is 16.9 Å². The molecule has 0 aliphatic heterocycles. The third-order valence-electron chi connectivity index (χ3n) is 2.68.